The molecule has 0 aliphatic carbocycles. The number of amidine groups is 1. The van der Waals surface area contributed by atoms with Gasteiger partial charge in [0.2, 0.25) is 0 Å². The smallest absolute Gasteiger partial charge is 0.190 e. The fourth-order valence-corrected chi connectivity index (χ4v) is 3.34. The summed E-state index contributed by atoms with van der Waals surface area (Å²) in [6.07, 6.45) is 3.44. The minimum Gasteiger partial charge on any atom is -0.409 e. The molecule has 2 aromatic heterocycles. The average molecular weight is 340 g/mol. The molecule has 0 amide bonds. The lowest BCUT2D eigenvalue weighted by Gasteiger charge is -2.26. The van der Waals surface area contributed by atoms with E-state index in [9.17, 15) is 4.39 Å². The van der Waals surface area contributed by atoms with E-state index >= 15 is 0 Å². The van der Waals surface area contributed by atoms with Crippen LogP contribution in [0, 0.1) is 5.82 Å². The number of nitrogens with two attached hydrogens (primary N) is 1. The Bertz CT molecular complexity index is 953. The van der Waals surface area contributed by atoms with Crippen LogP contribution in [0.15, 0.2) is 47.8 Å². The average Bonchev–Trinajstić information content (AvgIpc) is 3.27. The number of nitrogens with zero attached hydrogens (tertiary/aromatic N) is 5. The Morgan fingerprint density at radius 1 is 1.32 bits per heavy atom. The first kappa shape index (κ1) is 15.4. The molecule has 7 nitrogen and oxygen atoms in total. The van der Waals surface area contributed by atoms with Crippen molar-refractivity contribution in [1.29, 1.82) is 0 Å². The molecule has 128 valence electrons. The van der Waals surface area contributed by atoms with Crippen molar-refractivity contribution in [2.45, 2.75) is 18.9 Å². The van der Waals surface area contributed by atoms with E-state index < -0.39 is 0 Å². The first-order valence-electron chi connectivity index (χ1n) is 8.02. The van der Waals surface area contributed by atoms with Crippen LogP contribution < -0.4 is 10.6 Å². The SMILES string of the molecule is N/C(=N\O)c1cnc2ccc(N3CCCC3c3cccc(F)c3)nn12. The Morgan fingerprint density at radius 2 is 2.20 bits per heavy atom. The van der Waals surface area contributed by atoms with Gasteiger partial charge in [0.05, 0.1) is 12.2 Å². The third kappa shape index (κ3) is 2.65. The number of fused-ring (bicyclic) bond motifs is 1. The van der Waals surface area contributed by atoms with E-state index in [0.29, 0.717) is 11.3 Å². The number of benzene rings is 1. The molecule has 0 bridgehead atoms. The monoisotopic (exact) mass is 340 g/mol. The summed E-state index contributed by atoms with van der Waals surface area (Å²) in [7, 11) is 0. The second kappa shape index (κ2) is 6.04. The Kier molecular flexibility index (Phi) is 3.72. The predicted molar refractivity (Wildman–Crippen MR) is 91.2 cm³/mol. The number of anilines is 1. The largest absolute Gasteiger partial charge is 0.409 e. The molecule has 25 heavy (non-hydrogen) atoms. The van der Waals surface area contributed by atoms with Crippen LogP contribution in [-0.4, -0.2) is 32.2 Å². The summed E-state index contributed by atoms with van der Waals surface area (Å²) in [5, 5.41) is 16.5. The van der Waals surface area contributed by atoms with Crippen LogP contribution >= 0.6 is 0 Å². The van der Waals surface area contributed by atoms with Gasteiger partial charge in [0, 0.05) is 6.54 Å². The van der Waals surface area contributed by atoms with Gasteiger partial charge in [-0.3, -0.25) is 0 Å². The molecule has 1 aliphatic heterocycles. The van der Waals surface area contributed by atoms with Crippen LogP contribution in [0.4, 0.5) is 10.2 Å². The van der Waals surface area contributed by atoms with Crippen molar-refractivity contribution in [3.8, 4) is 0 Å². The highest BCUT2D eigenvalue weighted by atomic mass is 19.1. The van der Waals surface area contributed by atoms with Gasteiger partial charge in [-0.25, -0.2) is 13.9 Å². The predicted octanol–water partition coefficient (Wildman–Crippen LogP) is 2.30. The van der Waals surface area contributed by atoms with Crippen LogP contribution in [0.25, 0.3) is 5.65 Å². The molecule has 3 heterocycles. The molecule has 3 aromatic rings. The topological polar surface area (TPSA) is 92.0 Å². The standard InChI is InChI=1S/C17H17FN6O/c18-12-4-1-3-11(9-12)13-5-2-8-23(13)16-7-6-15-20-10-14(17(19)22-25)24(15)21-16/h1,3-4,6-7,9-10,13,25H,2,5,8H2,(H2,19,22). The fourth-order valence-electron chi connectivity index (χ4n) is 3.34. The zero-order valence-corrected chi connectivity index (χ0v) is 13.4. The molecule has 4 rings (SSSR count). The molecule has 0 spiro atoms. The Morgan fingerprint density at radius 3 is 3.00 bits per heavy atom. The lowest BCUT2D eigenvalue weighted by Crippen LogP contribution is -2.25. The summed E-state index contributed by atoms with van der Waals surface area (Å²) >= 11 is 0. The van der Waals surface area contributed by atoms with E-state index in [4.69, 9.17) is 10.9 Å². The molecule has 1 fully saturated rings. The van der Waals surface area contributed by atoms with Crippen molar-refractivity contribution in [3.63, 3.8) is 0 Å². The molecule has 0 radical (unpaired) electrons. The number of rotatable bonds is 3. The number of hydrogen-bond donors (Lipinski definition) is 2. The minimum absolute atomic E-state index is 0.0553. The third-order valence-electron chi connectivity index (χ3n) is 4.50. The van der Waals surface area contributed by atoms with Crippen LogP contribution in [0.5, 0.6) is 0 Å². The van der Waals surface area contributed by atoms with Gasteiger partial charge in [0.1, 0.15) is 17.3 Å². The van der Waals surface area contributed by atoms with E-state index in [-0.39, 0.29) is 17.7 Å². The number of oxime groups is 1. The maximum absolute atomic E-state index is 13.6. The first-order valence-corrected chi connectivity index (χ1v) is 8.02. The van der Waals surface area contributed by atoms with Crippen molar-refractivity contribution < 1.29 is 9.60 Å². The highest BCUT2D eigenvalue weighted by Crippen LogP contribution is 2.35. The highest BCUT2D eigenvalue weighted by molar-refractivity contribution is 5.95. The number of aromatic nitrogens is 3. The van der Waals surface area contributed by atoms with Gasteiger partial charge in [-0.05, 0) is 42.7 Å². The molecule has 8 heteroatoms. The first-order chi connectivity index (χ1) is 12.2. The number of halogens is 1. The Balaban J connectivity index is 1.75. The minimum atomic E-state index is -0.239. The summed E-state index contributed by atoms with van der Waals surface area (Å²) in [6.45, 7) is 0.827. The zero-order chi connectivity index (χ0) is 17.4. The molecule has 0 saturated carbocycles. The number of imidazole rings is 1. The van der Waals surface area contributed by atoms with Crippen LogP contribution in [0.2, 0.25) is 0 Å². The number of hydrogen-bond acceptors (Lipinski definition) is 5. The zero-order valence-electron chi connectivity index (χ0n) is 13.4. The molecule has 1 aliphatic rings. The maximum atomic E-state index is 13.6. The van der Waals surface area contributed by atoms with Crippen LogP contribution in [0.1, 0.15) is 30.1 Å². The lowest BCUT2D eigenvalue weighted by atomic mass is 10.0. The van der Waals surface area contributed by atoms with E-state index in [0.717, 1.165) is 30.8 Å². The summed E-state index contributed by atoms with van der Waals surface area (Å²) in [4.78, 5) is 6.35. The van der Waals surface area contributed by atoms with E-state index in [1.807, 2.05) is 18.2 Å². The van der Waals surface area contributed by atoms with Crippen LogP contribution in [-0.2, 0) is 0 Å². The van der Waals surface area contributed by atoms with Gasteiger partial charge >= 0.3 is 0 Å². The van der Waals surface area contributed by atoms with Crippen LogP contribution in [0.3, 0.4) is 0 Å². The van der Waals surface area contributed by atoms with E-state index in [1.165, 1.54) is 12.3 Å². The van der Waals surface area contributed by atoms with Gasteiger partial charge in [0.25, 0.3) is 0 Å². The van der Waals surface area contributed by atoms with Crippen molar-refractivity contribution in [3.05, 3.63) is 59.7 Å². The Labute approximate surface area is 143 Å². The molecule has 1 unspecified atom stereocenters. The fraction of sp³-hybridized carbons (Fsp3) is 0.235. The summed E-state index contributed by atoms with van der Waals surface area (Å²) < 4.78 is 15.1. The van der Waals surface area contributed by atoms with Gasteiger partial charge in [-0.15, -0.1) is 5.10 Å². The summed E-state index contributed by atoms with van der Waals surface area (Å²) in [5.41, 5.74) is 7.64. The molecular weight excluding hydrogens is 323 g/mol. The maximum Gasteiger partial charge on any atom is 0.190 e. The van der Waals surface area contributed by atoms with Crippen molar-refractivity contribution in [2.75, 3.05) is 11.4 Å². The lowest BCUT2D eigenvalue weighted by molar-refractivity contribution is 0.318. The normalized spacial score (nSPS) is 18.2. The molecular formula is C17H17FN6O. The molecule has 1 atom stereocenters. The summed E-state index contributed by atoms with van der Waals surface area (Å²) in [6, 6.07) is 10.5. The summed E-state index contributed by atoms with van der Waals surface area (Å²) in [5.74, 6) is 0.445. The second-order valence-electron chi connectivity index (χ2n) is 6.00. The highest BCUT2D eigenvalue weighted by Gasteiger charge is 2.28. The van der Waals surface area contributed by atoms with Gasteiger partial charge in [-0.2, -0.15) is 0 Å². The van der Waals surface area contributed by atoms with Gasteiger partial charge in [0.15, 0.2) is 11.5 Å². The van der Waals surface area contributed by atoms with Gasteiger partial charge < -0.3 is 15.8 Å². The van der Waals surface area contributed by atoms with E-state index in [2.05, 4.69) is 20.1 Å². The Hall–Kier alpha value is -3.16. The second-order valence-corrected chi connectivity index (χ2v) is 6.00. The quantitative estimate of drug-likeness (QED) is 0.330. The van der Waals surface area contributed by atoms with Crippen molar-refractivity contribution >= 4 is 17.3 Å². The van der Waals surface area contributed by atoms with Crippen molar-refractivity contribution in [1.82, 2.24) is 14.6 Å². The molecule has 1 aromatic carbocycles. The van der Waals surface area contributed by atoms with Crippen molar-refractivity contribution in [2.24, 2.45) is 10.9 Å². The van der Waals surface area contributed by atoms with E-state index in [1.54, 1.807) is 16.6 Å². The van der Waals surface area contributed by atoms with Gasteiger partial charge in [-0.1, -0.05) is 17.3 Å². The third-order valence-corrected chi connectivity index (χ3v) is 4.50. The molecule has 3 N–H and O–H groups in total. The molecule has 1 saturated heterocycles.